The lowest BCUT2D eigenvalue weighted by Gasteiger charge is -2.58. The molecule has 1 aromatic rings. The Morgan fingerprint density at radius 1 is 1.38 bits per heavy atom. The van der Waals surface area contributed by atoms with Gasteiger partial charge in [-0.05, 0) is 43.2 Å². The molecule has 3 fully saturated rings. The van der Waals surface area contributed by atoms with Gasteiger partial charge in [0.15, 0.2) is 0 Å². The summed E-state index contributed by atoms with van der Waals surface area (Å²) in [6.07, 6.45) is -1.40. The van der Waals surface area contributed by atoms with E-state index in [1.165, 1.54) is 11.1 Å². The molecule has 3 N–H and O–H groups in total. The summed E-state index contributed by atoms with van der Waals surface area (Å²) in [5.74, 6) is -0.745. The Hall–Kier alpha value is -2.78. The van der Waals surface area contributed by atoms with Gasteiger partial charge in [-0.25, -0.2) is 4.98 Å². The molecule has 1 spiro atoms. The zero-order valence-electron chi connectivity index (χ0n) is 15.5. The first-order valence-electron chi connectivity index (χ1n) is 9.34. The van der Waals surface area contributed by atoms with Crippen LogP contribution in [0.1, 0.15) is 42.5 Å². The van der Waals surface area contributed by atoms with Gasteiger partial charge in [-0.15, -0.1) is 0 Å². The summed E-state index contributed by atoms with van der Waals surface area (Å²) in [4.78, 5) is 29.3. The van der Waals surface area contributed by atoms with Crippen molar-refractivity contribution in [2.75, 3.05) is 0 Å². The van der Waals surface area contributed by atoms with Crippen LogP contribution in [0, 0.1) is 5.41 Å². The molecule has 29 heavy (non-hydrogen) atoms. The fourth-order valence-corrected chi connectivity index (χ4v) is 4.68. The highest BCUT2D eigenvalue weighted by Crippen LogP contribution is 2.58. The fraction of sp³-hybridized carbons (Fsp3) is 0.526. The molecular formula is C19H21F3N4O3. The number of nitrogens with two attached hydrogens (primary N) is 1. The van der Waals surface area contributed by atoms with Crippen molar-refractivity contribution in [2.45, 2.75) is 56.5 Å². The first-order valence-corrected chi connectivity index (χ1v) is 9.34. The summed E-state index contributed by atoms with van der Waals surface area (Å²) in [6, 6.07) is 1.70. The largest absolute Gasteiger partial charge is 0.474 e. The highest BCUT2D eigenvalue weighted by molar-refractivity contribution is 5.94. The third-order valence-corrected chi connectivity index (χ3v) is 5.94. The Balaban J connectivity index is 1.31. The summed E-state index contributed by atoms with van der Waals surface area (Å²) in [5, 5.41) is 2.57. The van der Waals surface area contributed by atoms with Gasteiger partial charge in [-0.3, -0.25) is 14.5 Å². The van der Waals surface area contributed by atoms with Gasteiger partial charge < -0.3 is 15.8 Å². The topological polar surface area (TPSA) is 97.6 Å². The lowest BCUT2D eigenvalue weighted by molar-refractivity contribution is -0.155. The first-order chi connectivity index (χ1) is 13.6. The van der Waals surface area contributed by atoms with Gasteiger partial charge in [0.25, 0.3) is 11.8 Å². The van der Waals surface area contributed by atoms with E-state index in [-0.39, 0.29) is 34.8 Å². The van der Waals surface area contributed by atoms with Crippen LogP contribution >= 0.6 is 0 Å². The van der Waals surface area contributed by atoms with E-state index in [9.17, 15) is 22.8 Å². The standard InChI is InChI=1S/C19H21F3N4O3/c1-10-25-14(9-19(20,21)22)17(28)26(10)11-5-18(6-11)7-12(8-18)29-16-13(15(23)27)3-2-4-24-16/h2-4,11-12,14,25H,1,5-9H2,(H2,23,27)/t11?,12?,14-,18?/m0/s1. The van der Waals surface area contributed by atoms with Gasteiger partial charge in [-0.1, -0.05) is 6.58 Å². The predicted octanol–water partition coefficient (Wildman–Crippen LogP) is 2.09. The molecule has 7 nitrogen and oxygen atoms in total. The molecule has 0 unspecified atom stereocenters. The number of hydrogen-bond acceptors (Lipinski definition) is 5. The second kappa shape index (κ2) is 6.64. The Bertz CT molecular complexity index is 859. The third kappa shape index (κ3) is 3.63. The molecule has 2 saturated carbocycles. The molecule has 2 heterocycles. The maximum atomic E-state index is 12.6. The van der Waals surface area contributed by atoms with Crippen molar-refractivity contribution in [3.63, 3.8) is 0 Å². The number of alkyl halides is 3. The molecule has 1 aliphatic heterocycles. The van der Waals surface area contributed by atoms with Crippen LogP contribution in [0.2, 0.25) is 0 Å². The molecule has 2 amide bonds. The molecule has 1 saturated heterocycles. The fourth-order valence-electron chi connectivity index (χ4n) is 4.68. The van der Waals surface area contributed by atoms with Crippen molar-refractivity contribution in [2.24, 2.45) is 11.1 Å². The molecule has 4 rings (SSSR count). The minimum atomic E-state index is -4.42. The summed E-state index contributed by atoms with van der Waals surface area (Å²) < 4.78 is 43.7. The number of ether oxygens (including phenoxy) is 1. The molecule has 156 valence electrons. The number of nitrogens with zero attached hydrogens (tertiary/aromatic N) is 2. The zero-order valence-corrected chi connectivity index (χ0v) is 15.5. The van der Waals surface area contributed by atoms with Crippen LogP contribution in [0.25, 0.3) is 0 Å². The molecule has 0 aromatic carbocycles. The van der Waals surface area contributed by atoms with Gasteiger partial charge in [0, 0.05) is 12.2 Å². The van der Waals surface area contributed by atoms with E-state index in [1.807, 2.05) is 0 Å². The van der Waals surface area contributed by atoms with E-state index in [0.717, 1.165) is 12.8 Å². The number of hydrogen-bond donors (Lipinski definition) is 2. The van der Waals surface area contributed by atoms with E-state index in [4.69, 9.17) is 10.5 Å². The molecule has 2 aliphatic carbocycles. The van der Waals surface area contributed by atoms with Gasteiger partial charge in [0.05, 0.1) is 6.42 Å². The van der Waals surface area contributed by atoms with Crippen LogP contribution in [0.5, 0.6) is 5.88 Å². The summed E-state index contributed by atoms with van der Waals surface area (Å²) >= 11 is 0. The lowest BCUT2D eigenvalue weighted by Crippen LogP contribution is -2.59. The van der Waals surface area contributed by atoms with Crippen molar-refractivity contribution in [3.05, 3.63) is 36.3 Å². The second-order valence-corrected chi connectivity index (χ2v) is 8.10. The number of carbonyl (C=O) groups excluding carboxylic acids is 2. The number of rotatable bonds is 5. The van der Waals surface area contributed by atoms with E-state index in [2.05, 4.69) is 16.9 Å². The zero-order chi connectivity index (χ0) is 21.0. The number of primary amides is 1. The van der Waals surface area contributed by atoms with E-state index < -0.39 is 30.5 Å². The van der Waals surface area contributed by atoms with Crippen LogP contribution < -0.4 is 15.8 Å². The van der Waals surface area contributed by atoms with Gasteiger partial charge >= 0.3 is 6.18 Å². The van der Waals surface area contributed by atoms with Crippen molar-refractivity contribution in [1.82, 2.24) is 15.2 Å². The highest BCUT2D eigenvalue weighted by atomic mass is 19.4. The average Bonchev–Trinajstić information content (AvgIpc) is 2.81. The maximum Gasteiger partial charge on any atom is 0.391 e. The third-order valence-electron chi connectivity index (χ3n) is 5.94. The van der Waals surface area contributed by atoms with Crippen molar-refractivity contribution in [1.29, 1.82) is 0 Å². The quantitative estimate of drug-likeness (QED) is 0.775. The Kier molecular flexibility index (Phi) is 4.47. The Labute approximate surface area is 165 Å². The molecule has 1 atom stereocenters. The number of aromatic nitrogens is 1. The summed E-state index contributed by atoms with van der Waals surface area (Å²) in [5.41, 5.74) is 5.55. The SMILES string of the molecule is C=C1N[C@@H](CC(F)(F)F)C(=O)N1C1CC2(CC(Oc3ncccc3C(N)=O)C2)C1. The second-order valence-electron chi connectivity index (χ2n) is 8.10. The number of nitrogens with one attached hydrogen (secondary N) is 1. The maximum absolute atomic E-state index is 12.6. The Morgan fingerprint density at radius 2 is 2.07 bits per heavy atom. The van der Waals surface area contributed by atoms with Crippen molar-refractivity contribution < 1.29 is 27.5 Å². The normalized spacial score (nSPS) is 31.3. The molecule has 3 aliphatic rings. The monoisotopic (exact) mass is 410 g/mol. The molecule has 0 radical (unpaired) electrons. The van der Waals surface area contributed by atoms with E-state index in [0.29, 0.717) is 12.8 Å². The van der Waals surface area contributed by atoms with Crippen LogP contribution in [-0.4, -0.2) is 46.1 Å². The van der Waals surface area contributed by atoms with Crippen LogP contribution in [0.15, 0.2) is 30.7 Å². The molecule has 1 aromatic heterocycles. The number of pyridine rings is 1. The Morgan fingerprint density at radius 3 is 2.69 bits per heavy atom. The lowest BCUT2D eigenvalue weighted by atomic mass is 9.52. The van der Waals surface area contributed by atoms with E-state index >= 15 is 0 Å². The molecule has 0 bridgehead atoms. The van der Waals surface area contributed by atoms with E-state index in [1.54, 1.807) is 12.1 Å². The smallest absolute Gasteiger partial charge is 0.391 e. The van der Waals surface area contributed by atoms with Crippen molar-refractivity contribution >= 4 is 11.8 Å². The predicted molar refractivity (Wildman–Crippen MR) is 95.4 cm³/mol. The first kappa shape index (κ1) is 19.5. The number of carbonyl (C=O) groups is 2. The average molecular weight is 410 g/mol. The number of halogens is 3. The van der Waals surface area contributed by atoms with Gasteiger partial charge in [-0.2, -0.15) is 13.2 Å². The minimum absolute atomic E-state index is 0.000323. The minimum Gasteiger partial charge on any atom is -0.474 e. The van der Waals surface area contributed by atoms with Gasteiger partial charge in [0.2, 0.25) is 5.88 Å². The summed E-state index contributed by atoms with van der Waals surface area (Å²) in [7, 11) is 0. The van der Waals surface area contributed by atoms with Crippen LogP contribution in [-0.2, 0) is 4.79 Å². The number of amides is 2. The highest BCUT2D eigenvalue weighted by Gasteiger charge is 2.58. The van der Waals surface area contributed by atoms with Crippen LogP contribution in [0.4, 0.5) is 13.2 Å². The molecule has 10 heteroatoms. The summed E-state index contributed by atoms with van der Waals surface area (Å²) in [6.45, 7) is 3.71. The van der Waals surface area contributed by atoms with Crippen LogP contribution in [0.3, 0.4) is 0 Å². The molecular weight excluding hydrogens is 389 g/mol. The van der Waals surface area contributed by atoms with Gasteiger partial charge in [0.1, 0.15) is 23.5 Å². The van der Waals surface area contributed by atoms with Crippen molar-refractivity contribution in [3.8, 4) is 5.88 Å².